The van der Waals surface area contributed by atoms with Crippen LogP contribution in [0, 0.1) is 17.2 Å². The number of hydrogen-bond acceptors (Lipinski definition) is 6. The third kappa shape index (κ3) is 7.08. The average Bonchev–Trinajstić information content (AvgIpc) is 2.80. The number of rotatable bonds is 7. The Hall–Kier alpha value is -1.83. The Bertz CT molecular complexity index is 923. The number of carbonyl (C=O) groups excluding carboxylic acids is 1. The first-order valence-corrected chi connectivity index (χ1v) is 11.7. The summed E-state index contributed by atoms with van der Waals surface area (Å²) in [5, 5.41) is 7.98. The van der Waals surface area contributed by atoms with E-state index in [0.717, 1.165) is 5.56 Å². The molecule has 0 aromatic heterocycles. The first-order valence-electron chi connectivity index (χ1n) is 10.5. The quantitative estimate of drug-likeness (QED) is 0.219. The number of ether oxygens (including phenoxy) is 4. The minimum Gasteiger partial charge on any atom is -0.452 e. The van der Waals surface area contributed by atoms with Crippen molar-refractivity contribution in [3.05, 3.63) is 71.8 Å². The van der Waals surface area contributed by atoms with Crippen LogP contribution in [0.2, 0.25) is 0 Å². The summed E-state index contributed by atoms with van der Waals surface area (Å²) in [6, 6.07) is 18.4. The van der Waals surface area contributed by atoms with Gasteiger partial charge in [-0.15, -0.1) is 0 Å². The molecular formula is C24H26Cl3NO5. The van der Waals surface area contributed by atoms with E-state index >= 15 is 0 Å². The lowest BCUT2D eigenvalue weighted by molar-refractivity contribution is -0.252. The first-order chi connectivity index (χ1) is 15.7. The van der Waals surface area contributed by atoms with Crippen molar-refractivity contribution < 1.29 is 23.7 Å². The van der Waals surface area contributed by atoms with Crippen molar-refractivity contribution in [3.63, 3.8) is 0 Å². The van der Waals surface area contributed by atoms with Gasteiger partial charge in [-0.25, -0.2) is 4.79 Å². The third-order valence-corrected chi connectivity index (χ3v) is 6.16. The van der Waals surface area contributed by atoms with Crippen molar-refractivity contribution in [1.29, 1.82) is 5.41 Å². The van der Waals surface area contributed by atoms with Crippen LogP contribution in [0.3, 0.4) is 0 Å². The van der Waals surface area contributed by atoms with E-state index in [-0.39, 0.29) is 24.5 Å². The Balaban J connectivity index is 1.72. The molecule has 5 atom stereocenters. The van der Waals surface area contributed by atoms with Crippen LogP contribution >= 0.6 is 34.8 Å². The van der Waals surface area contributed by atoms with Crippen LogP contribution in [-0.4, -0.2) is 40.8 Å². The van der Waals surface area contributed by atoms with Crippen molar-refractivity contribution in [3.8, 4) is 0 Å². The summed E-state index contributed by atoms with van der Waals surface area (Å²) in [6.45, 7) is 4.61. The zero-order valence-electron chi connectivity index (χ0n) is 18.2. The fraction of sp³-hybridized carbons (Fsp3) is 0.417. The number of alkyl halides is 3. The fourth-order valence-electron chi connectivity index (χ4n) is 3.52. The molecule has 1 saturated heterocycles. The molecule has 2 aromatic carbocycles. The SMILES string of the molecule is C[C@@H]1C(COCc2ccccc2)OC(OC(=N)C(Cl)(Cl)Cl)C(OC(=O)c2ccccc2)[C@H]1C. The minimum absolute atomic E-state index is 0.0452. The highest BCUT2D eigenvalue weighted by Gasteiger charge is 2.47. The lowest BCUT2D eigenvalue weighted by atomic mass is 9.83. The van der Waals surface area contributed by atoms with E-state index in [1.807, 2.05) is 44.2 Å². The standard InChI is InChI=1S/C24H26Cl3NO5/c1-15-16(2)20(32-21(29)18-11-7-4-8-12-18)22(33-23(28)24(25,26)27)31-19(15)14-30-13-17-9-5-3-6-10-17/h3-12,15-16,19-20,22,28H,13-14H2,1-2H3/t15-,16-,19?,20?,22?/m0/s1. The van der Waals surface area contributed by atoms with Crippen LogP contribution in [0.4, 0.5) is 0 Å². The highest BCUT2D eigenvalue weighted by Crippen LogP contribution is 2.36. The Morgan fingerprint density at radius 1 is 0.970 bits per heavy atom. The monoisotopic (exact) mass is 513 g/mol. The number of hydrogen-bond donors (Lipinski definition) is 1. The van der Waals surface area contributed by atoms with Gasteiger partial charge in [-0.2, -0.15) is 0 Å². The molecule has 1 N–H and O–H groups in total. The molecule has 0 amide bonds. The first kappa shape index (κ1) is 25.8. The molecular weight excluding hydrogens is 489 g/mol. The largest absolute Gasteiger partial charge is 0.452 e. The lowest BCUT2D eigenvalue weighted by Gasteiger charge is -2.43. The molecule has 9 heteroatoms. The normalized spacial score (nSPS) is 25.3. The van der Waals surface area contributed by atoms with Crippen LogP contribution in [0.15, 0.2) is 60.7 Å². The van der Waals surface area contributed by atoms with Crippen LogP contribution in [0.1, 0.15) is 29.8 Å². The van der Waals surface area contributed by atoms with Crippen LogP contribution in [0.25, 0.3) is 0 Å². The van der Waals surface area contributed by atoms with Gasteiger partial charge in [-0.05, 0) is 23.6 Å². The van der Waals surface area contributed by atoms with Gasteiger partial charge in [-0.1, -0.05) is 97.2 Å². The van der Waals surface area contributed by atoms with E-state index < -0.39 is 28.1 Å². The van der Waals surface area contributed by atoms with Crippen molar-refractivity contribution in [2.45, 2.75) is 42.7 Å². The average molecular weight is 515 g/mol. The van der Waals surface area contributed by atoms with E-state index in [1.54, 1.807) is 30.3 Å². The number of halogens is 3. The van der Waals surface area contributed by atoms with Crippen molar-refractivity contribution in [2.24, 2.45) is 11.8 Å². The number of nitrogens with one attached hydrogen (secondary N) is 1. The van der Waals surface area contributed by atoms with Crippen molar-refractivity contribution in [1.82, 2.24) is 0 Å². The van der Waals surface area contributed by atoms with Gasteiger partial charge in [0.05, 0.1) is 24.9 Å². The predicted octanol–water partition coefficient (Wildman–Crippen LogP) is 5.79. The maximum atomic E-state index is 12.7. The molecule has 178 valence electrons. The molecule has 0 radical (unpaired) electrons. The summed E-state index contributed by atoms with van der Waals surface area (Å²) in [5.41, 5.74) is 1.43. The zero-order chi connectivity index (χ0) is 24.0. The van der Waals surface area contributed by atoms with Gasteiger partial charge in [0.1, 0.15) is 0 Å². The number of benzene rings is 2. The van der Waals surface area contributed by atoms with Gasteiger partial charge in [0.2, 0.25) is 12.2 Å². The van der Waals surface area contributed by atoms with E-state index in [0.29, 0.717) is 12.2 Å². The molecule has 0 aliphatic carbocycles. The molecule has 2 aromatic rings. The highest BCUT2D eigenvalue weighted by molar-refractivity contribution is 6.76. The second kappa shape index (κ2) is 11.5. The van der Waals surface area contributed by atoms with Crippen LogP contribution in [-0.2, 0) is 25.6 Å². The topological polar surface area (TPSA) is 77.8 Å². The smallest absolute Gasteiger partial charge is 0.338 e. The van der Waals surface area contributed by atoms with Gasteiger partial charge in [0.25, 0.3) is 3.79 Å². The zero-order valence-corrected chi connectivity index (χ0v) is 20.5. The maximum Gasteiger partial charge on any atom is 0.338 e. The Morgan fingerprint density at radius 3 is 2.18 bits per heavy atom. The Labute approximate surface area is 208 Å². The molecule has 1 heterocycles. The van der Waals surface area contributed by atoms with Gasteiger partial charge in [-0.3, -0.25) is 5.41 Å². The van der Waals surface area contributed by atoms with Crippen molar-refractivity contribution >= 4 is 46.7 Å². The molecule has 1 aliphatic rings. The molecule has 0 bridgehead atoms. The molecule has 3 unspecified atom stereocenters. The number of esters is 1. The predicted molar refractivity (Wildman–Crippen MR) is 128 cm³/mol. The maximum absolute atomic E-state index is 12.7. The summed E-state index contributed by atoms with van der Waals surface area (Å²) >= 11 is 17.4. The molecule has 1 fully saturated rings. The third-order valence-electron chi connectivity index (χ3n) is 5.65. The second-order valence-electron chi connectivity index (χ2n) is 7.94. The molecule has 0 saturated carbocycles. The summed E-state index contributed by atoms with van der Waals surface area (Å²) < 4.78 is 21.2. The summed E-state index contributed by atoms with van der Waals surface area (Å²) in [5.74, 6) is -1.39. The summed E-state index contributed by atoms with van der Waals surface area (Å²) in [6.07, 6.45) is -2.35. The van der Waals surface area contributed by atoms with Crippen molar-refractivity contribution in [2.75, 3.05) is 6.61 Å². The van der Waals surface area contributed by atoms with Gasteiger partial charge in [0.15, 0.2) is 6.10 Å². The van der Waals surface area contributed by atoms with Gasteiger partial charge >= 0.3 is 5.97 Å². The Kier molecular flexibility index (Phi) is 9.02. The lowest BCUT2D eigenvalue weighted by Crippen LogP contribution is -2.54. The minimum atomic E-state index is -2.08. The molecule has 6 nitrogen and oxygen atoms in total. The van der Waals surface area contributed by atoms with Crippen LogP contribution < -0.4 is 0 Å². The van der Waals surface area contributed by atoms with E-state index in [1.165, 1.54) is 0 Å². The van der Waals surface area contributed by atoms with E-state index in [4.69, 9.17) is 59.2 Å². The molecule has 33 heavy (non-hydrogen) atoms. The molecule has 1 aliphatic heterocycles. The highest BCUT2D eigenvalue weighted by atomic mass is 35.6. The van der Waals surface area contributed by atoms with E-state index in [2.05, 4.69) is 0 Å². The van der Waals surface area contributed by atoms with Gasteiger partial charge < -0.3 is 18.9 Å². The second-order valence-corrected chi connectivity index (χ2v) is 10.2. The summed E-state index contributed by atoms with van der Waals surface area (Å²) in [4.78, 5) is 12.7. The fourth-order valence-corrected chi connectivity index (χ4v) is 3.66. The molecule has 0 spiro atoms. The molecule has 3 rings (SSSR count). The summed E-state index contributed by atoms with van der Waals surface area (Å²) in [7, 11) is 0. The Morgan fingerprint density at radius 2 is 1.58 bits per heavy atom. The number of carbonyl (C=O) groups is 1. The van der Waals surface area contributed by atoms with Crippen LogP contribution in [0.5, 0.6) is 0 Å². The van der Waals surface area contributed by atoms with Gasteiger partial charge in [0, 0.05) is 5.92 Å². The van der Waals surface area contributed by atoms with E-state index in [9.17, 15) is 4.79 Å².